The Bertz CT molecular complexity index is 3940. The number of carbonyl (C=O) groups excluding carboxylic acids is 4. The quantitative estimate of drug-likeness (QED) is 0.0206. The van der Waals surface area contributed by atoms with Crippen molar-refractivity contribution in [3.8, 4) is 0 Å². The van der Waals surface area contributed by atoms with E-state index >= 15 is 19.2 Å². The Labute approximate surface area is 945 Å². The Morgan fingerprint density at radius 2 is 0.441 bits per heavy atom. The Morgan fingerprint density at radius 3 is 0.648 bits per heavy atom. The molecule has 4 aromatic heterocycles. The third-order valence-corrected chi connectivity index (χ3v) is 36.8. The molecule has 0 aromatic carbocycles. The number of hydrogen-bond donors (Lipinski definition) is 1. The summed E-state index contributed by atoms with van der Waals surface area (Å²) in [7, 11) is 4.34. The predicted molar refractivity (Wildman–Crippen MR) is 655 cm³/mol. The third-order valence-electron chi connectivity index (χ3n) is 30.8. The first-order chi connectivity index (χ1) is 70.8. The van der Waals surface area contributed by atoms with Gasteiger partial charge in [0.05, 0.1) is 72.2 Å². The maximum atomic E-state index is 15.7. The minimum atomic E-state index is -0.750. The molecule has 4 amide bonds. The molecule has 0 N–H and O–H groups in total. The molecule has 4 atom stereocenters. The molecule has 4 aromatic rings. The second kappa shape index (κ2) is 85.0. The first kappa shape index (κ1) is 133. The SMILES string of the molecule is CCCCCCCCCCCCc1cc(C2=C3C(=O)N(CC(CCCC)CCCCCC)C(c4cc(CCCCCCCCCCCC)c(Br)s4)=C3C(=O)N2CC(CCCC)CCCCCC)sc1Br.CCCCCCCCCCCCc1csc(C2=C3C(=O)N(CC(CCCC)CCCCCC)C(c4cc(CCCCCCCCCCCC)cs4)=C3C(=O)N2CC(CCCC)CCCCCC)c1.ClC(Cl)Cl.[B]=NS. The van der Waals surface area contributed by atoms with Gasteiger partial charge in [0.1, 0.15) is 0 Å². The van der Waals surface area contributed by atoms with E-state index < -0.39 is 4.30 Å². The number of alkyl halides is 3. The van der Waals surface area contributed by atoms with Crippen molar-refractivity contribution in [2.75, 3.05) is 26.2 Å². The Kier molecular flexibility index (Phi) is 78.0. The van der Waals surface area contributed by atoms with Crippen LogP contribution in [0.3, 0.4) is 0 Å². The van der Waals surface area contributed by atoms with Crippen LogP contribution in [-0.2, 0) is 44.9 Å². The van der Waals surface area contributed by atoms with Crippen molar-refractivity contribution < 1.29 is 19.2 Å². The molecule has 0 aliphatic carbocycles. The van der Waals surface area contributed by atoms with Gasteiger partial charge in [-0.15, -0.1) is 45.3 Å². The molecular weight excluding hydrogens is 2070 g/mol. The van der Waals surface area contributed by atoms with Crippen LogP contribution < -0.4 is 0 Å². The number of aryl methyl sites for hydroxylation is 4. The van der Waals surface area contributed by atoms with Crippen LogP contribution >= 0.6 is 125 Å². The number of hydrogen-bond acceptors (Lipinski definition) is 10. The number of fused-ring (bicyclic) bond motifs is 2. The second-order valence-electron chi connectivity index (χ2n) is 43.5. The number of amides is 4. The van der Waals surface area contributed by atoms with Crippen molar-refractivity contribution in [1.82, 2.24) is 19.6 Å². The Morgan fingerprint density at radius 1 is 0.269 bits per heavy atom. The van der Waals surface area contributed by atoms with Gasteiger partial charge in [0.25, 0.3) is 23.6 Å². The number of rotatable bonds is 88. The van der Waals surface area contributed by atoms with Crippen LogP contribution in [0.5, 0.6) is 0 Å². The van der Waals surface area contributed by atoms with Gasteiger partial charge in [-0.25, -0.2) is 0 Å². The topological polar surface area (TPSA) is 93.6 Å². The first-order valence-electron chi connectivity index (χ1n) is 60.7. The van der Waals surface area contributed by atoms with Gasteiger partial charge in [-0.3, -0.25) is 19.2 Å². The van der Waals surface area contributed by atoms with Crippen LogP contribution in [0.4, 0.5) is 0 Å². The fraction of sp³-hybridized carbons (Fsp3) is 0.776. The fourth-order valence-corrected chi connectivity index (χ4v) is 27.8. The van der Waals surface area contributed by atoms with Gasteiger partial charge in [-0.1, -0.05) is 503 Å². The molecule has 0 fully saturated rings. The van der Waals surface area contributed by atoms with Crippen molar-refractivity contribution >= 4 is 179 Å². The molecule has 8 rings (SSSR count). The number of unbranched alkanes of at least 4 members (excludes halogenated alkanes) is 52. The molecule has 9 nitrogen and oxygen atoms in total. The number of carbonyl (C=O) groups is 4. The summed E-state index contributed by atoms with van der Waals surface area (Å²) in [6, 6.07) is 9.46. The first-order valence-corrected chi connectivity index (χ1v) is 67.4. The summed E-state index contributed by atoms with van der Waals surface area (Å²) in [5, 5.41) is 4.68. The van der Waals surface area contributed by atoms with E-state index in [1.165, 1.54) is 420 Å². The van der Waals surface area contributed by atoms with E-state index in [9.17, 15) is 0 Å². The molecule has 0 saturated heterocycles. The summed E-state index contributed by atoms with van der Waals surface area (Å²) in [5.41, 5.74) is 11.8. The Balaban J connectivity index is 0.000000479. The zero-order chi connectivity index (χ0) is 105. The second-order valence-corrected chi connectivity index (χ2v) is 52.3. The minimum absolute atomic E-state index is 0.0560. The normalized spacial score (nSPS) is 14.6. The standard InChI is InChI=1S/C62H102Br2N2O2S2.C62H104N2O2S2.CHCl3.BHNS/c1-7-13-19-23-25-27-29-31-33-37-43-51-45-53(69-59(51)63)57-55-56(62(68)65(57)47-49(39-17-11-5)41-35-21-15-9-3)58(66(61(55)67)48-50(40-18-12-6)42-36-22-16-10-4)54-46-52(60(64)70-54)44-38-34-32-30-28-26-24-20-14-8-2;1-7-13-19-23-25-27-29-31-33-37-43-53-45-55(67-49-53)59-57-58(62(66)63(59)47-51(39-17-11-5)41-35-21-15-9-3)60(64(61(57)65)48-52(40-18-12-6)42-36-22-16-10-4)56-46-54(50-68-56)44-38-34-32-30-28-26-24-20-14-8-2;2-1(3)4;1-2-3/h45-46,49-50H,7-44,47-48H2,1-6H3;45-46,49-52H,7-44,47-48H2,1-6H3;1H;3H. The maximum absolute atomic E-state index is 15.7. The zero-order valence-corrected chi connectivity index (χ0v) is 104. The summed E-state index contributed by atoms with van der Waals surface area (Å²) >= 11 is 32.7. The molecule has 4 aliphatic rings. The van der Waals surface area contributed by atoms with Gasteiger partial charge in [-0.2, -0.15) is 0 Å². The summed E-state index contributed by atoms with van der Waals surface area (Å²) < 4.78 is 4.26. The monoisotopic (exact) mass is 2280 g/mol. The van der Waals surface area contributed by atoms with E-state index in [0.717, 1.165) is 140 Å². The van der Waals surface area contributed by atoms with Crippen molar-refractivity contribution in [3.05, 3.63) is 107 Å². The molecule has 1 radical (unpaired) electrons. The van der Waals surface area contributed by atoms with Crippen molar-refractivity contribution in [2.45, 2.75) is 575 Å². The predicted octanol–water partition coefficient (Wildman–Crippen LogP) is 43.9. The van der Waals surface area contributed by atoms with Crippen molar-refractivity contribution in [3.63, 3.8) is 0 Å². The summed E-state index contributed by atoms with van der Waals surface area (Å²) in [6.07, 6.45) is 95.8. The van der Waals surface area contributed by atoms with E-state index in [0.29, 0.717) is 72.1 Å². The summed E-state index contributed by atoms with van der Waals surface area (Å²) in [6.45, 7) is 30.3. The Hall–Kier alpha value is -2.32. The van der Waals surface area contributed by atoms with Gasteiger partial charge < -0.3 is 19.6 Å². The molecule has 4 unspecified atom stereocenters. The molecule has 20 heteroatoms. The summed E-state index contributed by atoms with van der Waals surface area (Å²) in [5.74, 6) is 1.96. The molecular formula is C125H208BBr2Cl3N5O4S5. The van der Waals surface area contributed by atoms with Crippen LogP contribution in [0.25, 0.3) is 22.8 Å². The molecule has 145 heavy (non-hydrogen) atoms. The number of halogens is 5. The fourth-order valence-electron chi connectivity index (χ4n) is 22.2. The van der Waals surface area contributed by atoms with E-state index in [1.807, 2.05) is 0 Å². The number of nitrogens with zero attached hydrogens (tertiary/aromatic N) is 5. The molecule has 0 bridgehead atoms. The van der Waals surface area contributed by atoms with Crippen LogP contribution in [0.2, 0.25) is 0 Å². The van der Waals surface area contributed by atoms with E-state index in [1.54, 1.807) is 45.3 Å². The van der Waals surface area contributed by atoms with Crippen LogP contribution in [0.15, 0.2) is 69.2 Å². The summed E-state index contributed by atoms with van der Waals surface area (Å²) in [4.78, 5) is 75.4. The number of thiophene rings is 4. The van der Waals surface area contributed by atoms with E-state index in [4.69, 9.17) is 34.8 Å². The third kappa shape index (κ3) is 51.5. The average molecular weight is 2280 g/mol. The van der Waals surface area contributed by atoms with Gasteiger partial charge in [0.2, 0.25) is 0 Å². The van der Waals surface area contributed by atoms with Crippen LogP contribution in [-0.4, -0.2) is 81.3 Å². The number of thiol groups is 1. The van der Waals surface area contributed by atoms with Crippen molar-refractivity contribution in [2.24, 2.45) is 28.0 Å². The molecule has 0 spiro atoms. The molecule has 4 aliphatic heterocycles. The van der Waals surface area contributed by atoms with E-state index in [-0.39, 0.29) is 23.6 Å². The van der Waals surface area contributed by atoms with Crippen LogP contribution in [0.1, 0.15) is 587 Å². The molecule has 825 valence electrons. The van der Waals surface area contributed by atoms with Gasteiger partial charge in [0.15, 0.2) is 4.30 Å². The molecule has 0 saturated carbocycles. The van der Waals surface area contributed by atoms with Gasteiger partial charge in [-0.05, 0) is 216 Å². The molecule has 8 heterocycles. The van der Waals surface area contributed by atoms with Crippen LogP contribution in [0, 0.1) is 23.7 Å². The zero-order valence-electron chi connectivity index (χ0n) is 94.3. The van der Waals surface area contributed by atoms with E-state index in [2.05, 4.69) is 194 Å². The van der Waals surface area contributed by atoms with Gasteiger partial charge >= 0.3 is 24.8 Å². The average Bonchev–Trinajstić information content (AvgIpc) is 1.55. The van der Waals surface area contributed by atoms with Crippen molar-refractivity contribution in [1.29, 1.82) is 0 Å². The van der Waals surface area contributed by atoms with Gasteiger partial charge in [0, 0.05) is 26.2 Å².